The second-order valence-electron chi connectivity index (χ2n) is 7.78. The molecule has 0 aliphatic heterocycles. The van der Waals surface area contributed by atoms with Gasteiger partial charge in [0.05, 0.1) is 12.2 Å². The molecule has 0 bridgehead atoms. The Hall–Kier alpha value is -4.26. The van der Waals surface area contributed by atoms with Crippen molar-refractivity contribution < 1.29 is 35.5 Å². The fourth-order valence-electron chi connectivity index (χ4n) is 3.71. The molecule has 0 radical (unpaired) electrons. The Bertz CT molecular complexity index is 1610. The Morgan fingerprint density at radius 2 is 1.68 bits per heavy atom. The first-order valence-electron chi connectivity index (χ1n) is 11.2. The van der Waals surface area contributed by atoms with Crippen molar-refractivity contribution in [2.24, 2.45) is 0 Å². The van der Waals surface area contributed by atoms with Gasteiger partial charge in [0, 0.05) is 30.7 Å². The highest BCUT2D eigenvalue weighted by Gasteiger charge is 2.38. The summed E-state index contributed by atoms with van der Waals surface area (Å²) in [5.74, 6) is -5.12. The van der Waals surface area contributed by atoms with Crippen LogP contribution in [-0.2, 0) is 21.3 Å². The number of carbonyl (C=O) groups excluding carboxylic acids is 1. The Kier molecular flexibility index (Phi) is 7.49. The molecule has 0 atom stereocenters. The SMILES string of the molecule is CCOC(=O)N(c1ccc(F)c(-c2nn(CC)cc2-c2ccncc2)c1F)S(=O)(=O)c1cc(F)ccc1F. The first-order chi connectivity index (χ1) is 18.1. The third-order valence-corrected chi connectivity index (χ3v) is 7.14. The number of amides is 1. The lowest BCUT2D eigenvalue weighted by molar-refractivity contribution is 0.164. The molecular weight excluding hydrogens is 528 g/mol. The highest BCUT2D eigenvalue weighted by atomic mass is 32.2. The molecule has 0 aliphatic rings. The first-order valence-corrected chi connectivity index (χ1v) is 12.7. The highest BCUT2D eigenvalue weighted by molar-refractivity contribution is 7.93. The predicted molar refractivity (Wildman–Crippen MR) is 130 cm³/mol. The van der Waals surface area contributed by atoms with Crippen LogP contribution in [0.25, 0.3) is 22.4 Å². The van der Waals surface area contributed by atoms with Crippen LogP contribution in [0.5, 0.6) is 0 Å². The number of aryl methyl sites for hydroxylation is 1. The second-order valence-corrected chi connectivity index (χ2v) is 9.54. The van der Waals surface area contributed by atoms with E-state index in [-0.39, 0.29) is 16.6 Å². The summed E-state index contributed by atoms with van der Waals surface area (Å²) in [6.45, 7) is 3.11. The molecule has 0 aliphatic carbocycles. The number of hydrogen-bond donors (Lipinski definition) is 0. The molecule has 38 heavy (non-hydrogen) atoms. The van der Waals surface area contributed by atoms with Crippen LogP contribution in [0.15, 0.2) is 66.0 Å². The van der Waals surface area contributed by atoms with Gasteiger partial charge in [-0.1, -0.05) is 0 Å². The van der Waals surface area contributed by atoms with Crippen molar-refractivity contribution in [2.75, 3.05) is 10.9 Å². The molecule has 0 spiro atoms. The van der Waals surface area contributed by atoms with E-state index in [1.54, 1.807) is 19.1 Å². The van der Waals surface area contributed by atoms with Gasteiger partial charge in [0.2, 0.25) is 0 Å². The molecule has 0 saturated carbocycles. The van der Waals surface area contributed by atoms with Crippen LogP contribution >= 0.6 is 0 Å². The average molecular weight is 549 g/mol. The lowest BCUT2D eigenvalue weighted by atomic mass is 10.0. The van der Waals surface area contributed by atoms with Crippen molar-refractivity contribution in [1.82, 2.24) is 14.8 Å². The van der Waals surface area contributed by atoms with Crippen molar-refractivity contribution in [3.8, 4) is 22.4 Å². The van der Waals surface area contributed by atoms with E-state index >= 15 is 8.78 Å². The van der Waals surface area contributed by atoms with E-state index in [4.69, 9.17) is 4.74 Å². The van der Waals surface area contributed by atoms with Crippen LogP contribution in [0, 0.1) is 23.3 Å². The van der Waals surface area contributed by atoms with E-state index in [1.807, 2.05) is 0 Å². The minimum atomic E-state index is -5.28. The zero-order chi connectivity index (χ0) is 27.6. The summed E-state index contributed by atoms with van der Waals surface area (Å²) in [5.41, 5.74) is -1.10. The molecular formula is C25H20F4N4O4S. The Labute approximate surface area is 215 Å². The molecule has 8 nitrogen and oxygen atoms in total. The number of nitrogens with zero attached hydrogens (tertiary/aromatic N) is 4. The van der Waals surface area contributed by atoms with E-state index in [0.29, 0.717) is 41.9 Å². The van der Waals surface area contributed by atoms with Gasteiger partial charge in [-0.3, -0.25) is 9.67 Å². The minimum Gasteiger partial charge on any atom is -0.449 e. The summed E-state index contributed by atoms with van der Waals surface area (Å²) in [7, 11) is -5.28. The second kappa shape index (κ2) is 10.6. The molecule has 2 aromatic heterocycles. The predicted octanol–water partition coefficient (Wildman–Crippen LogP) is 5.54. The van der Waals surface area contributed by atoms with E-state index in [1.165, 1.54) is 30.2 Å². The number of anilines is 1. The summed E-state index contributed by atoms with van der Waals surface area (Å²) in [5, 5.41) is 4.25. The van der Waals surface area contributed by atoms with Gasteiger partial charge in [-0.25, -0.2) is 30.8 Å². The molecule has 4 rings (SSSR count). The number of halogens is 4. The maximum Gasteiger partial charge on any atom is 0.428 e. The van der Waals surface area contributed by atoms with Crippen LogP contribution in [0.3, 0.4) is 0 Å². The monoisotopic (exact) mass is 548 g/mol. The number of sulfonamides is 1. The lowest BCUT2D eigenvalue weighted by Gasteiger charge is -2.23. The van der Waals surface area contributed by atoms with Crippen LogP contribution in [-0.4, -0.2) is 35.9 Å². The quantitative estimate of drug-likeness (QED) is 0.282. The molecule has 0 N–H and O–H groups in total. The Balaban J connectivity index is 1.99. The minimum absolute atomic E-state index is 0.171. The number of ether oxygens (including phenoxy) is 1. The standard InChI is InChI=1S/C25H20F4N4O4S/c1-3-32-14-17(15-9-11-30-12-10-15)24(31-32)22-19(28)7-8-20(23(22)29)33(25(34)37-4-2)38(35,36)21-13-16(26)5-6-18(21)27/h5-14H,3-4H2,1-2H3. The third kappa shape index (κ3) is 4.84. The van der Waals surface area contributed by atoms with E-state index in [0.717, 1.165) is 6.07 Å². The molecule has 2 heterocycles. The maximum absolute atomic E-state index is 16.1. The molecule has 1 amide bonds. The topological polar surface area (TPSA) is 94.4 Å². The fourth-order valence-corrected chi connectivity index (χ4v) is 5.13. The molecule has 0 unspecified atom stereocenters. The van der Waals surface area contributed by atoms with E-state index in [2.05, 4.69) is 10.1 Å². The van der Waals surface area contributed by atoms with Crippen LogP contribution < -0.4 is 4.31 Å². The van der Waals surface area contributed by atoms with Gasteiger partial charge in [-0.05, 0) is 61.9 Å². The molecule has 2 aromatic carbocycles. The molecule has 0 fully saturated rings. The van der Waals surface area contributed by atoms with Crippen molar-refractivity contribution in [3.63, 3.8) is 0 Å². The highest BCUT2D eigenvalue weighted by Crippen LogP contribution is 2.39. The van der Waals surface area contributed by atoms with E-state index < -0.39 is 55.5 Å². The summed E-state index contributed by atoms with van der Waals surface area (Å²) in [6.07, 6.45) is 2.86. The number of hydrogen-bond acceptors (Lipinski definition) is 6. The molecule has 13 heteroatoms. The number of carbonyl (C=O) groups is 1. The largest absolute Gasteiger partial charge is 0.449 e. The normalized spacial score (nSPS) is 11.4. The summed E-state index contributed by atoms with van der Waals surface area (Å²) < 4.78 is 92.4. The molecule has 198 valence electrons. The van der Waals surface area contributed by atoms with Gasteiger partial charge in [0.1, 0.15) is 33.7 Å². The lowest BCUT2D eigenvalue weighted by Crippen LogP contribution is -2.38. The number of aromatic nitrogens is 3. The van der Waals surface area contributed by atoms with Gasteiger partial charge in [-0.15, -0.1) is 0 Å². The van der Waals surface area contributed by atoms with Crippen molar-refractivity contribution >= 4 is 21.8 Å². The fraction of sp³-hybridized carbons (Fsp3) is 0.160. The first kappa shape index (κ1) is 26.8. The summed E-state index contributed by atoms with van der Waals surface area (Å²) >= 11 is 0. The number of rotatable bonds is 7. The number of benzene rings is 2. The van der Waals surface area contributed by atoms with Crippen LogP contribution in [0.1, 0.15) is 13.8 Å². The van der Waals surface area contributed by atoms with Crippen LogP contribution in [0.2, 0.25) is 0 Å². The smallest absolute Gasteiger partial charge is 0.428 e. The van der Waals surface area contributed by atoms with Gasteiger partial charge in [-0.2, -0.15) is 9.40 Å². The van der Waals surface area contributed by atoms with E-state index in [9.17, 15) is 22.0 Å². The third-order valence-electron chi connectivity index (χ3n) is 5.45. The maximum atomic E-state index is 16.1. The number of pyridine rings is 1. The molecule has 4 aromatic rings. The van der Waals surface area contributed by atoms with Crippen molar-refractivity contribution in [3.05, 3.63) is 84.3 Å². The average Bonchev–Trinajstić information content (AvgIpc) is 3.32. The zero-order valence-corrected chi connectivity index (χ0v) is 20.8. The van der Waals surface area contributed by atoms with Gasteiger partial charge >= 0.3 is 6.09 Å². The van der Waals surface area contributed by atoms with Crippen molar-refractivity contribution in [2.45, 2.75) is 25.3 Å². The van der Waals surface area contributed by atoms with Gasteiger partial charge in [0.15, 0.2) is 5.82 Å². The van der Waals surface area contributed by atoms with Crippen molar-refractivity contribution in [1.29, 1.82) is 0 Å². The van der Waals surface area contributed by atoms with Gasteiger partial charge in [0.25, 0.3) is 10.0 Å². The van der Waals surface area contributed by atoms with Gasteiger partial charge < -0.3 is 4.74 Å². The summed E-state index contributed by atoms with van der Waals surface area (Å²) in [4.78, 5) is 15.5. The Morgan fingerprint density at radius 3 is 2.34 bits per heavy atom. The Morgan fingerprint density at radius 1 is 1.00 bits per heavy atom. The zero-order valence-electron chi connectivity index (χ0n) is 20.0. The summed E-state index contributed by atoms with van der Waals surface area (Å²) in [6, 6.07) is 6.14. The molecule has 0 saturated heterocycles. The van der Waals surface area contributed by atoms with Crippen LogP contribution in [0.4, 0.5) is 28.0 Å².